The second kappa shape index (κ2) is 5.87. The van der Waals surface area contributed by atoms with Gasteiger partial charge in [-0.15, -0.1) is 0 Å². The van der Waals surface area contributed by atoms with Gasteiger partial charge in [0, 0.05) is 12.0 Å². The van der Waals surface area contributed by atoms with E-state index >= 15 is 0 Å². The van der Waals surface area contributed by atoms with Gasteiger partial charge in [-0.3, -0.25) is 0 Å². The first-order valence-electron chi connectivity index (χ1n) is 8.15. The van der Waals surface area contributed by atoms with Crippen molar-refractivity contribution in [3.8, 4) is 0 Å². The Kier molecular flexibility index (Phi) is 4.13. The summed E-state index contributed by atoms with van der Waals surface area (Å²) in [4.78, 5) is 0. The van der Waals surface area contributed by atoms with E-state index in [1.807, 2.05) is 0 Å². The lowest BCUT2D eigenvalue weighted by atomic mass is 9.79. The van der Waals surface area contributed by atoms with Crippen LogP contribution < -0.4 is 5.32 Å². The van der Waals surface area contributed by atoms with Gasteiger partial charge >= 0.3 is 0 Å². The Morgan fingerprint density at radius 2 is 2.15 bits per heavy atom. The van der Waals surface area contributed by atoms with E-state index in [0.29, 0.717) is 24.2 Å². The molecule has 2 fully saturated rings. The van der Waals surface area contributed by atoms with Crippen LogP contribution in [0.4, 0.5) is 0 Å². The normalized spacial score (nSPS) is 29.9. The first-order valence-corrected chi connectivity index (χ1v) is 8.15. The highest BCUT2D eigenvalue weighted by atomic mass is 16.5. The van der Waals surface area contributed by atoms with Gasteiger partial charge in [-0.25, -0.2) is 0 Å². The largest absolute Gasteiger partial charge is 0.375 e. The van der Waals surface area contributed by atoms with Crippen LogP contribution in [0.1, 0.15) is 55.3 Å². The van der Waals surface area contributed by atoms with Crippen LogP contribution in [-0.4, -0.2) is 18.8 Å². The summed E-state index contributed by atoms with van der Waals surface area (Å²) in [6.45, 7) is 7.75. The molecule has 2 bridgehead atoms. The number of benzene rings is 1. The second-order valence-electron chi connectivity index (χ2n) is 6.57. The molecule has 0 spiro atoms. The summed E-state index contributed by atoms with van der Waals surface area (Å²) < 4.78 is 6.09. The van der Waals surface area contributed by atoms with Crippen molar-refractivity contribution in [2.75, 3.05) is 6.54 Å². The Hall–Kier alpha value is -0.860. The number of rotatable bonds is 5. The zero-order valence-corrected chi connectivity index (χ0v) is 13.0. The van der Waals surface area contributed by atoms with Crippen LogP contribution in [0, 0.1) is 19.8 Å². The minimum Gasteiger partial charge on any atom is -0.375 e. The average Bonchev–Trinajstić information content (AvgIpc) is 3.03. The lowest BCUT2D eigenvalue weighted by molar-refractivity contribution is 0.0856. The van der Waals surface area contributed by atoms with Gasteiger partial charge in [-0.2, -0.15) is 0 Å². The standard InChI is InChI=1S/C18H27NO/c1-4-9-19-18(15-7-5-12(2)10-13(15)3)16-11-14-6-8-17(16)20-14/h5,7,10,14,16-19H,4,6,8-9,11H2,1-3H3. The molecule has 2 aliphatic heterocycles. The van der Waals surface area contributed by atoms with E-state index < -0.39 is 0 Å². The maximum atomic E-state index is 6.09. The summed E-state index contributed by atoms with van der Waals surface area (Å²) in [5.74, 6) is 0.654. The predicted octanol–water partition coefficient (Wildman–Crippen LogP) is 3.91. The molecule has 2 heterocycles. The molecule has 1 aromatic rings. The molecule has 0 saturated carbocycles. The summed E-state index contributed by atoms with van der Waals surface area (Å²) in [5, 5.41) is 3.79. The van der Waals surface area contributed by atoms with Crippen LogP contribution in [-0.2, 0) is 4.74 Å². The number of fused-ring (bicyclic) bond motifs is 2. The smallest absolute Gasteiger partial charge is 0.0627 e. The fraction of sp³-hybridized carbons (Fsp3) is 0.667. The van der Waals surface area contributed by atoms with Gasteiger partial charge in [0.1, 0.15) is 0 Å². The third-order valence-corrected chi connectivity index (χ3v) is 4.96. The zero-order chi connectivity index (χ0) is 14.1. The van der Waals surface area contributed by atoms with Crippen molar-refractivity contribution >= 4 is 0 Å². The highest BCUT2D eigenvalue weighted by Gasteiger charge is 2.44. The lowest BCUT2D eigenvalue weighted by Crippen LogP contribution is -2.34. The van der Waals surface area contributed by atoms with E-state index in [-0.39, 0.29) is 0 Å². The molecular formula is C18H27NO. The van der Waals surface area contributed by atoms with Crippen molar-refractivity contribution in [2.24, 2.45) is 5.92 Å². The van der Waals surface area contributed by atoms with Gasteiger partial charge in [-0.05, 0) is 57.2 Å². The summed E-state index contributed by atoms with van der Waals surface area (Å²) in [5.41, 5.74) is 4.25. The fourth-order valence-electron chi connectivity index (χ4n) is 3.99. The van der Waals surface area contributed by atoms with Gasteiger partial charge < -0.3 is 10.1 Å². The fourth-order valence-corrected chi connectivity index (χ4v) is 3.99. The zero-order valence-electron chi connectivity index (χ0n) is 13.0. The van der Waals surface area contributed by atoms with Crippen molar-refractivity contribution in [1.82, 2.24) is 5.32 Å². The monoisotopic (exact) mass is 273 g/mol. The summed E-state index contributed by atoms with van der Waals surface area (Å²) in [7, 11) is 0. The maximum absolute atomic E-state index is 6.09. The van der Waals surface area contributed by atoms with Crippen molar-refractivity contribution in [2.45, 2.75) is 64.7 Å². The van der Waals surface area contributed by atoms with Gasteiger partial charge in [0.25, 0.3) is 0 Å². The van der Waals surface area contributed by atoms with Crippen LogP contribution in [0.5, 0.6) is 0 Å². The molecule has 2 heteroatoms. The molecular weight excluding hydrogens is 246 g/mol. The molecule has 1 aromatic carbocycles. The number of hydrogen-bond donors (Lipinski definition) is 1. The molecule has 1 N–H and O–H groups in total. The molecule has 20 heavy (non-hydrogen) atoms. The van der Waals surface area contributed by atoms with E-state index in [9.17, 15) is 0 Å². The van der Waals surface area contributed by atoms with Gasteiger partial charge in [0.2, 0.25) is 0 Å². The quantitative estimate of drug-likeness (QED) is 0.878. The SMILES string of the molecule is CCCNC(c1ccc(C)cc1C)C1CC2CCC1O2. The van der Waals surface area contributed by atoms with Crippen molar-refractivity contribution in [3.05, 3.63) is 34.9 Å². The Bertz CT molecular complexity index is 470. The highest BCUT2D eigenvalue weighted by molar-refractivity contribution is 5.33. The van der Waals surface area contributed by atoms with E-state index in [4.69, 9.17) is 4.74 Å². The van der Waals surface area contributed by atoms with E-state index in [1.54, 1.807) is 0 Å². The number of ether oxygens (including phenoxy) is 1. The van der Waals surface area contributed by atoms with Crippen molar-refractivity contribution in [3.63, 3.8) is 0 Å². The summed E-state index contributed by atoms with van der Waals surface area (Å²) in [6.07, 6.45) is 5.96. The molecule has 4 unspecified atom stereocenters. The molecule has 2 saturated heterocycles. The predicted molar refractivity (Wildman–Crippen MR) is 83.0 cm³/mol. The Morgan fingerprint density at radius 1 is 1.30 bits per heavy atom. The second-order valence-corrected chi connectivity index (χ2v) is 6.57. The van der Waals surface area contributed by atoms with Crippen LogP contribution >= 0.6 is 0 Å². The number of hydrogen-bond acceptors (Lipinski definition) is 2. The van der Waals surface area contributed by atoms with Gasteiger partial charge in [0.05, 0.1) is 12.2 Å². The lowest BCUT2D eigenvalue weighted by Gasteiger charge is -2.31. The molecule has 2 aliphatic rings. The Balaban J connectivity index is 1.85. The molecule has 0 radical (unpaired) electrons. The van der Waals surface area contributed by atoms with Gasteiger partial charge in [0.15, 0.2) is 0 Å². The van der Waals surface area contributed by atoms with Crippen LogP contribution in [0.15, 0.2) is 18.2 Å². The topological polar surface area (TPSA) is 21.3 Å². The molecule has 0 amide bonds. The number of nitrogens with one attached hydrogen (secondary N) is 1. The Labute approximate surface area is 122 Å². The molecule has 4 atom stereocenters. The molecule has 110 valence electrons. The minimum absolute atomic E-state index is 0.464. The van der Waals surface area contributed by atoms with Crippen molar-refractivity contribution < 1.29 is 4.74 Å². The third kappa shape index (κ3) is 2.64. The van der Waals surface area contributed by atoms with Crippen LogP contribution in [0.25, 0.3) is 0 Å². The summed E-state index contributed by atoms with van der Waals surface area (Å²) >= 11 is 0. The van der Waals surface area contributed by atoms with E-state index in [2.05, 4.69) is 44.3 Å². The van der Waals surface area contributed by atoms with E-state index in [1.165, 1.54) is 42.4 Å². The van der Waals surface area contributed by atoms with E-state index in [0.717, 1.165) is 6.54 Å². The molecule has 2 nitrogen and oxygen atoms in total. The van der Waals surface area contributed by atoms with Crippen LogP contribution in [0.2, 0.25) is 0 Å². The Morgan fingerprint density at radius 3 is 2.75 bits per heavy atom. The molecule has 3 rings (SSSR count). The molecule has 0 aromatic heterocycles. The first-order chi connectivity index (χ1) is 9.69. The average molecular weight is 273 g/mol. The van der Waals surface area contributed by atoms with Crippen LogP contribution in [0.3, 0.4) is 0 Å². The minimum atomic E-state index is 0.464. The third-order valence-electron chi connectivity index (χ3n) is 4.96. The highest BCUT2D eigenvalue weighted by Crippen LogP contribution is 2.45. The summed E-state index contributed by atoms with van der Waals surface area (Å²) in [6, 6.07) is 7.34. The van der Waals surface area contributed by atoms with Crippen molar-refractivity contribution in [1.29, 1.82) is 0 Å². The first kappa shape index (κ1) is 14.1. The number of aryl methyl sites for hydroxylation is 2. The molecule has 0 aliphatic carbocycles. The maximum Gasteiger partial charge on any atom is 0.0627 e. The van der Waals surface area contributed by atoms with Gasteiger partial charge in [-0.1, -0.05) is 30.7 Å².